The third kappa shape index (κ3) is 2.99. The highest BCUT2D eigenvalue weighted by molar-refractivity contribution is 7.21. The Hall–Kier alpha value is -3.12. The molecule has 0 radical (unpaired) electrons. The van der Waals surface area contributed by atoms with Crippen molar-refractivity contribution in [1.82, 2.24) is 10.3 Å². The van der Waals surface area contributed by atoms with E-state index in [1.165, 1.54) is 11.3 Å². The number of nitrogen functional groups attached to an aromatic ring is 1. The van der Waals surface area contributed by atoms with E-state index in [2.05, 4.69) is 10.3 Å². The van der Waals surface area contributed by atoms with Gasteiger partial charge in [0.1, 0.15) is 15.5 Å². The molecule has 3 heterocycles. The zero-order valence-electron chi connectivity index (χ0n) is 13.2. The van der Waals surface area contributed by atoms with Crippen molar-refractivity contribution in [1.29, 1.82) is 0 Å². The summed E-state index contributed by atoms with van der Waals surface area (Å²) >= 11 is 1.30. The van der Waals surface area contributed by atoms with Gasteiger partial charge in [-0.1, -0.05) is 30.3 Å². The third-order valence-corrected chi connectivity index (χ3v) is 4.99. The van der Waals surface area contributed by atoms with E-state index < -0.39 is 0 Å². The summed E-state index contributed by atoms with van der Waals surface area (Å²) < 4.78 is 5.22. The van der Waals surface area contributed by atoms with Crippen molar-refractivity contribution >= 4 is 33.1 Å². The Morgan fingerprint density at radius 2 is 1.96 bits per heavy atom. The number of carbonyl (C=O) groups is 1. The van der Waals surface area contributed by atoms with Gasteiger partial charge < -0.3 is 15.5 Å². The fourth-order valence-electron chi connectivity index (χ4n) is 2.60. The van der Waals surface area contributed by atoms with Gasteiger partial charge in [0.15, 0.2) is 0 Å². The Morgan fingerprint density at radius 1 is 1.12 bits per heavy atom. The van der Waals surface area contributed by atoms with Crippen LogP contribution in [-0.4, -0.2) is 10.9 Å². The maximum Gasteiger partial charge on any atom is 0.263 e. The van der Waals surface area contributed by atoms with Crippen molar-refractivity contribution in [3.05, 3.63) is 71.5 Å². The molecule has 3 N–H and O–H groups in total. The Labute approximate surface area is 148 Å². The first-order valence-corrected chi connectivity index (χ1v) is 8.59. The van der Waals surface area contributed by atoms with Crippen LogP contribution in [-0.2, 0) is 6.54 Å². The van der Waals surface area contributed by atoms with Crippen LogP contribution in [0.4, 0.5) is 5.69 Å². The number of nitrogens with zero attached hydrogens (tertiary/aromatic N) is 1. The number of nitrogens with one attached hydrogen (secondary N) is 1. The molecule has 0 saturated heterocycles. The lowest BCUT2D eigenvalue weighted by Gasteiger charge is -2.02. The maximum atomic E-state index is 12.4. The summed E-state index contributed by atoms with van der Waals surface area (Å²) in [4.78, 5) is 18.3. The molecule has 25 heavy (non-hydrogen) atoms. The van der Waals surface area contributed by atoms with Crippen molar-refractivity contribution in [2.75, 3.05) is 5.73 Å². The summed E-state index contributed by atoms with van der Waals surface area (Å²) in [6, 6.07) is 17.3. The number of rotatable bonds is 4. The third-order valence-electron chi connectivity index (χ3n) is 3.87. The molecule has 0 aliphatic rings. The van der Waals surface area contributed by atoms with Crippen LogP contribution < -0.4 is 11.1 Å². The molecule has 4 rings (SSSR count). The van der Waals surface area contributed by atoms with Gasteiger partial charge in [-0.15, -0.1) is 11.3 Å². The van der Waals surface area contributed by atoms with Crippen LogP contribution in [0.3, 0.4) is 0 Å². The van der Waals surface area contributed by atoms with Crippen LogP contribution in [0, 0.1) is 0 Å². The summed E-state index contributed by atoms with van der Waals surface area (Å²) in [5.74, 6) is 0.468. The van der Waals surface area contributed by atoms with Gasteiger partial charge in [0.25, 0.3) is 5.91 Å². The summed E-state index contributed by atoms with van der Waals surface area (Å²) in [5.41, 5.74) is 8.51. The summed E-state index contributed by atoms with van der Waals surface area (Å²) in [7, 11) is 0. The van der Waals surface area contributed by atoms with Gasteiger partial charge in [0.2, 0.25) is 0 Å². The number of furan rings is 1. The topological polar surface area (TPSA) is 81.2 Å². The zero-order valence-corrected chi connectivity index (χ0v) is 14.0. The normalized spacial score (nSPS) is 10.9. The molecule has 0 atom stereocenters. The fraction of sp³-hybridized carbons (Fsp3) is 0.0526. The highest BCUT2D eigenvalue weighted by atomic mass is 32.1. The minimum absolute atomic E-state index is 0.224. The molecular formula is C19H15N3O2S. The minimum Gasteiger partial charge on any atom is -0.467 e. The van der Waals surface area contributed by atoms with E-state index in [1.54, 1.807) is 12.3 Å². The van der Waals surface area contributed by atoms with Gasteiger partial charge in [-0.2, -0.15) is 0 Å². The van der Waals surface area contributed by atoms with Crippen LogP contribution in [0.5, 0.6) is 0 Å². The van der Waals surface area contributed by atoms with Crippen LogP contribution in [0.2, 0.25) is 0 Å². The molecule has 0 unspecified atom stereocenters. The predicted octanol–water partition coefficient (Wildman–Crippen LogP) is 4.07. The van der Waals surface area contributed by atoms with Crippen molar-refractivity contribution in [2.45, 2.75) is 6.54 Å². The second-order valence-corrected chi connectivity index (χ2v) is 6.52. The van der Waals surface area contributed by atoms with Gasteiger partial charge in [-0.25, -0.2) is 4.98 Å². The first kappa shape index (κ1) is 15.4. The number of hydrogen-bond acceptors (Lipinski definition) is 5. The van der Waals surface area contributed by atoms with Crippen LogP contribution >= 0.6 is 11.3 Å². The number of aromatic nitrogens is 1. The number of pyridine rings is 1. The largest absolute Gasteiger partial charge is 0.467 e. The van der Waals surface area contributed by atoms with Gasteiger partial charge in [0.05, 0.1) is 24.2 Å². The van der Waals surface area contributed by atoms with E-state index >= 15 is 0 Å². The molecule has 5 nitrogen and oxygen atoms in total. The smallest absolute Gasteiger partial charge is 0.263 e. The Kier molecular flexibility index (Phi) is 3.95. The first-order valence-electron chi connectivity index (χ1n) is 7.77. The minimum atomic E-state index is -0.224. The lowest BCUT2D eigenvalue weighted by Crippen LogP contribution is -2.22. The molecular weight excluding hydrogens is 334 g/mol. The van der Waals surface area contributed by atoms with Crippen molar-refractivity contribution in [3.8, 4) is 11.3 Å². The van der Waals surface area contributed by atoms with Gasteiger partial charge in [-0.3, -0.25) is 4.79 Å². The second kappa shape index (κ2) is 6.41. The lowest BCUT2D eigenvalue weighted by molar-refractivity contribution is 0.0953. The van der Waals surface area contributed by atoms with Crippen LogP contribution in [0.25, 0.3) is 21.5 Å². The van der Waals surface area contributed by atoms with E-state index in [1.807, 2.05) is 48.5 Å². The number of amides is 1. The highest BCUT2D eigenvalue weighted by Gasteiger charge is 2.17. The van der Waals surface area contributed by atoms with Crippen molar-refractivity contribution < 1.29 is 9.21 Å². The quantitative estimate of drug-likeness (QED) is 0.582. The predicted molar refractivity (Wildman–Crippen MR) is 99.3 cm³/mol. The lowest BCUT2D eigenvalue weighted by atomic mass is 10.1. The first-order chi connectivity index (χ1) is 12.2. The fourth-order valence-corrected chi connectivity index (χ4v) is 3.61. The highest BCUT2D eigenvalue weighted by Crippen LogP contribution is 2.34. The number of carbonyl (C=O) groups excluding carboxylic acids is 1. The zero-order chi connectivity index (χ0) is 17.2. The van der Waals surface area contributed by atoms with Crippen LogP contribution in [0.1, 0.15) is 15.4 Å². The van der Waals surface area contributed by atoms with Crippen molar-refractivity contribution in [3.63, 3.8) is 0 Å². The Bertz CT molecular complexity index is 1020. The van der Waals surface area contributed by atoms with E-state index in [-0.39, 0.29) is 5.91 Å². The standard InChI is InChI=1S/C19H15N3O2S/c20-16-14-8-9-15(12-5-2-1-3-6-12)22-19(14)25-17(16)18(23)21-11-13-7-4-10-24-13/h1-10H,11,20H2,(H,21,23). The molecule has 124 valence electrons. The number of benzene rings is 1. The Balaban J connectivity index is 1.64. The molecule has 0 spiro atoms. The molecule has 0 bridgehead atoms. The van der Waals surface area contributed by atoms with E-state index in [4.69, 9.17) is 10.2 Å². The molecule has 4 aromatic rings. The molecule has 1 aromatic carbocycles. The molecule has 0 aliphatic carbocycles. The van der Waals surface area contributed by atoms with E-state index in [9.17, 15) is 4.79 Å². The summed E-state index contributed by atoms with van der Waals surface area (Å²) in [6.45, 7) is 0.322. The molecule has 0 saturated carbocycles. The molecule has 1 amide bonds. The van der Waals surface area contributed by atoms with Crippen LogP contribution in [0.15, 0.2) is 65.3 Å². The van der Waals surface area contributed by atoms with E-state index in [0.717, 1.165) is 21.5 Å². The number of nitrogens with two attached hydrogens (primary N) is 1. The van der Waals surface area contributed by atoms with Gasteiger partial charge >= 0.3 is 0 Å². The Morgan fingerprint density at radius 3 is 2.72 bits per heavy atom. The number of hydrogen-bond donors (Lipinski definition) is 2. The molecule has 0 aliphatic heterocycles. The average molecular weight is 349 g/mol. The number of thiophene rings is 1. The average Bonchev–Trinajstić information content (AvgIpc) is 3.28. The molecule has 0 fully saturated rings. The second-order valence-electron chi connectivity index (χ2n) is 5.52. The summed E-state index contributed by atoms with van der Waals surface area (Å²) in [5, 5.41) is 3.62. The van der Waals surface area contributed by atoms with Crippen molar-refractivity contribution in [2.24, 2.45) is 0 Å². The maximum absolute atomic E-state index is 12.4. The molecule has 3 aromatic heterocycles. The molecule has 6 heteroatoms. The van der Waals surface area contributed by atoms with Gasteiger partial charge in [0, 0.05) is 10.9 Å². The van der Waals surface area contributed by atoms with Gasteiger partial charge in [-0.05, 0) is 24.3 Å². The van der Waals surface area contributed by atoms with E-state index in [0.29, 0.717) is 22.9 Å². The SMILES string of the molecule is Nc1c(C(=O)NCc2ccco2)sc2nc(-c3ccccc3)ccc12. The number of fused-ring (bicyclic) bond motifs is 1. The summed E-state index contributed by atoms with van der Waals surface area (Å²) in [6.07, 6.45) is 1.57. The number of anilines is 1. The monoisotopic (exact) mass is 349 g/mol.